The van der Waals surface area contributed by atoms with Crippen molar-refractivity contribution in [2.75, 3.05) is 0 Å². The summed E-state index contributed by atoms with van der Waals surface area (Å²) in [6.45, 7) is 1.96. The fourth-order valence-electron chi connectivity index (χ4n) is 2.07. The van der Waals surface area contributed by atoms with Gasteiger partial charge < -0.3 is 10.7 Å². The molecule has 0 aliphatic carbocycles. The summed E-state index contributed by atoms with van der Waals surface area (Å²) in [5, 5.41) is 7.45. The first-order chi connectivity index (χ1) is 9.06. The van der Waals surface area contributed by atoms with Crippen molar-refractivity contribution < 1.29 is 0 Å². The molecule has 0 fully saturated rings. The van der Waals surface area contributed by atoms with Gasteiger partial charge in [0, 0.05) is 17.8 Å². The van der Waals surface area contributed by atoms with E-state index in [2.05, 4.69) is 11.1 Å². The number of H-pyrrole nitrogens is 1. The molecule has 0 aliphatic heterocycles. The normalized spacial score (nSPS) is 10.4. The number of aromatic nitrogens is 1. The van der Waals surface area contributed by atoms with Gasteiger partial charge in [0.15, 0.2) is 0 Å². The van der Waals surface area contributed by atoms with E-state index >= 15 is 0 Å². The largest absolute Gasteiger partial charge is 0.384 e. The Labute approximate surface area is 111 Å². The van der Waals surface area contributed by atoms with Gasteiger partial charge in [-0.05, 0) is 36.5 Å². The fraction of sp³-hybridized carbons (Fsp3) is 0.200. The number of nitrogens with two attached hydrogens (primary N) is 1. The summed E-state index contributed by atoms with van der Waals surface area (Å²) >= 11 is 0. The minimum atomic E-state index is -0.0783. The van der Waals surface area contributed by atoms with Crippen LogP contribution in [0, 0.1) is 12.3 Å². The van der Waals surface area contributed by atoms with Crippen molar-refractivity contribution >= 4 is 5.84 Å². The zero-order chi connectivity index (χ0) is 13.8. The Bertz CT molecular complexity index is 638. The minimum absolute atomic E-state index is 0.0783. The number of pyridine rings is 1. The van der Waals surface area contributed by atoms with Gasteiger partial charge in [-0.25, -0.2) is 0 Å². The highest BCUT2D eigenvalue weighted by Gasteiger charge is 2.03. The lowest BCUT2D eigenvalue weighted by molar-refractivity contribution is 0.944. The number of hydrogen-bond acceptors (Lipinski definition) is 2. The molecule has 1 heterocycles. The molecule has 0 saturated carbocycles. The van der Waals surface area contributed by atoms with Crippen molar-refractivity contribution in [2.24, 2.45) is 5.73 Å². The summed E-state index contributed by atoms with van der Waals surface area (Å²) < 4.78 is 0. The molecule has 4 nitrogen and oxygen atoms in total. The van der Waals surface area contributed by atoms with Crippen LogP contribution in [-0.2, 0) is 12.8 Å². The molecule has 0 spiro atoms. The molecule has 4 heteroatoms. The van der Waals surface area contributed by atoms with E-state index in [4.69, 9.17) is 11.1 Å². The second kappa shape index (κ2) is 5.52. The van der Waals surface area contributed by atoms with Crippen LogP contribution in [0.4, 0.5) is 0 Å². The van der Waals surface area contributed by atoms with Crippen molar-refractivity contribution in [2.45, 2.75) is 19.8 Å². The summed E-state index contributed by atoms with van der Waals surface area (Å²) in [6.07, 6.45) is 3.51. The lowest BCUT2D eigenvalue weighted by atomic mass is 10.00. The first-order valence-corrected chi connectivity index (χ1v) is 6.18. The predicted octanol–water partition coefficient (Wildman–Crippen LogP) is 1.75. The molecule has 98 valence electrons. The van der Waals surface area contributed by atoms with Gasteiger partial charge in [-0.1, -0.05) is 24.3 Å². The molecule has 4 N–H and O–H groups in total. The summed E-state index contributed by atoms with van der Waals surface area (Å²) in [7, 11) is 0. The van der Waals surface area contributed by atoms with E-state index in [1.165, 1.54) is 5.56 Å². The zero-order valence-corrected chi connectivity index (χ0v) is 10.9. The molecule has 1 aromatic heterocycles. The molecule has 0 saturated heterocycles. The molecule has 2 aromatic rings. The highest BCUT2D eigenvalue weighted by Crippen LogP contribution is 2.12. The van der Waals surface area contributed by atoms with E-state index in [-0.39, 0.29) is 11.4 Å². The molecule has 0 unspecified atom stereocenters. The van der Waals surface area contributed by atoms with Crippen molar-refractivity contribution in [1.29, 1.82) is 5.41 Å². The second-order valence-electron chi connectivity index (χ2n) is 4.62. The fourth-order valence-corrected chi connectivity index (χ4v) is 2.07. The van der Waals surface area contributed by atoms with Crippen LogP contribution < -0.4 is 11.3 Å². The van der Waals surface area contributed by atoms with Crippen molar-refractivity contribution in [3.8, 4) is 0 Å². The predicted molar refractivity (Wildman–Crippen MR) is 76.7 cm³/mol. The Morgan fingerprint density at radius 1 is 1.21 bits per heavy atom. The van der Waals surface area contributed by atoms with Crippen LogP contribution in [0.1, 0.15) is 22.3 Å². The molecule has 0 amide bonds. The maximum atomic E-state index is 11.0. The quantitative estimate of drug-likeness (QED) is 0.574. The number of aryl methyl sites for hydroxylation is 3. The first-order valence-electron chi connectivity index (χ1n) is 6.18. The maximum Gasteiger partial charge on any atom is 0.247 e. The van der Waals surface area contributed by atoms with Crippen molar-refractivity contribution in [3.05, 3.63) is 69.1 Å². The van der Waals surface area contributed by atoms with Crippen LogP contribution in [0.2, 0.25) is 0 Å². The monoisotopic (exact) mass is 255 g/mol. The lowest BCUT2D eigenvalue weighted by Crippen LogP contribution is -2.12. The standard InChI is InChI=1S/C15H17N3O/c1-10-8-11(4-6-13(10)15(16)17)2-3-12-5-7-14(19)18-9-12/h4-9H,2-3H2,1H3,(H3,16,17)(H,18,19). The van der Waals surface area contributed by atoms with E-state index in [1.807, 2.05) is 25.1 Å². The minimum Gasteiger partial charge on any atom is -0.384 e. The van der Waals surface area contributed by atoms with Crippen LogP contribution >= 0.6 is 0 Å². The van der Waals surface area contributed by atoms with Crippen LogP contribution in [0.15, 0.2) is 41.3 Å². The van der Waals surface area contributed by atoms with Crippen LogP contribution in [0.5, 0.6) is 0 Å². The second-order valence-corrected chi connectivity index (χ2v) is 4.62. The molecular formula is C15H17N3O. The molecule has 19 heavy (non-hydrogen) atoms. The number of aromatic amines is 1. The van der Waals surface area contributed by atoms with Gasteiger partial charge in [-0.2, -0.15) is 0 Å². The lowest BCUT2D eigenvalue weighted by Gasteiger charge is -2.07. The number of nitrogens with one attached hydrogen (secondary N) is 2. The zero-order valence-electron chi connectivity index (χ0n) is 10.9. The van der Waals surface area contributed by atoms with Gasteiger partial charge in [-0.15, -0.1) is 0 Å². The van der Waals surface area contributed by atoms with Gasteiger partial charge in [0.2, 0.25) is 5.56 Å². The van der Waals surface area contributed by atoms with Gasteiger partial charge in [0.05, 0.1) is 0 Å². The van der Waals surface area contributed by atoms with Gasteiger partial charge in [0.25, 0.3) is 0 Å². The Morgan fingerprint density at radius 2 is 1.89 bits per heavy atom. The van der Waals surface area contributed by atoms with Gasteiger partial charge in [0.1, 0.15) is 5.84 Å². The third-order valence-corrected chi connectivity index (χ3v) is 3.13. The SMILES string of the molecule is Cc1cc(CCc2ccc(=O)[nH]c2)ccc1C(=N)N. The highest BCUT2D eigenvalue weighted by molar-refractivity contribution is 5.96. The van der Waals surface area contributed by atoms with Crippen LogP contribution in [0.3, 0.4) is 0 Å². The highest BCUT2D eigenvalue weighted by atomic mass is 16.1. The van der Waals surface area contributed by atoms with E-state index in [1.54, 1.807) is 12.3 Å². The van der Waals surface area contributed by atoms with E-state index in [0.29, 0.717) is 0 Å². The third kappa shape index (κ3) is 3.31. The van der Waals surface area contributed by atoms with E-state index in [9.17, 15) is 4.79 Å². The number of amidine groups is 1. The molecule has 0 atom stereocenters. The van der Waals surface area contributed by atoms with Crippen molar-refractivity contribution in [1.82, 2.24) is 4.98 Å². The molecule has 2 rings (SSSR count). The summed E-state index contributed by atoms with van der Waals surface area (Å²) in [6, 6.07) is 9.33. The number of hydrogen-bond donors (Lipinski definition) is 3. The Kier molecular flexibility index (Phi) is 3.80. The Morgan fingerprint density at radius 3 is 2.47 bits per heavy atom. The van der Waals surface area contributed by atoms with E-state index in [0.717, 1.165) is 29.5 Å². The molecule has 0 radical (unpaired) electrons. The Hall–Kier alpha value is -2.36. The molecule has 0 bridgehead atoms. The van der Waals surface area contributed by atoms with E-state index < -0.39 is 0 Å². The topological polar surface area (TPSA) is 82.7 Å². The smallest absolute Gasteiger partial charge is 0.247 e. The molecule has 0 aliphatic rings. The van der Waals surface area contributed by atoms with Gasteiger partial charge >= 0.3 is 0 Å². The number of nitrogen functional groups attached to an aromatic ring is 1. The average molecular weight is 255 g/mol. The average Bonchev–Trinajstić information content (AvgIpc) is 2.37. The number of rotatable bonds is 4. The Balaban J connectivity index is 2.08. The van der Waals surface area contributed by atoms with Gasteiger partial charge in [-0.3, -0.25) is 10.2 Å². The van der Waals surface area contributed by atoms with Crippen LogP contribution in [-0.4, -0.2) is 10.8 Å². The summed E-state index contributed by atoms with van der Waals surface area (Å²) in [5.74, 6) is 0.102. The van der Waals surface area contributed by atoms with Crippen molar-refractivity contribution in [3.63, 3.8) is 0 Å². The molecular weight excluding hydrogens is 238 g/mol. The summed E-state index contributed by atoms with van der Waals surface area (Å²) in [5.41, 5.74) is 9.53. The number of benzene rings is 1. The summed E-state index contributed by atoms with van der Waals surface area (Å²) in [4.78, 5) is 13.6. The molecule has 1 aromatic carbocycles. The third-order valence-electron chi connectivity index (χ3n) is 3.13. The first kappa shape index (κ1) is 13.1. The maximum absolute atomic E-state index is 11.0. The van der Waals surface area contributed by atoms with Crippen LogP contribution in [0.25, 0.3) is 0 Å².